The third-order valence-corrected chi connectivity index (χ3v) is 2.51. The fraction of sp³-hybridized carbons (Fsp3) is 0.500. The van der Waals surface area contributed by atoms with E-state index in [2.05, 4.69) is 0 Å². The molecule has 0 spiro atoms. The Labute approximate surface area is 100 Å². The maximum atomic E-state index is 5.44. The zero-order valence-corrected chi connectivity index (χ0v) is 10.2. The lowest BCUT2D eigenvalue weighted by Gasteiger charge is -2.15. The van der Waals surface area contributed by atoms with Gasteiger partial charge in [-0.1, -0.05) is 0 Å². The quantitative estimate of drug-likeness (QED) is 0.560. The first-order valence-electron chi connectivity index (χ1n) is 5.29. The number of methoxy groups -OCH3 is 3. The number of epoxide rings is 1. The van der Waals surface area contributed by atoms with Gasteiger partial charge in [0, 0.05) is 7.11 Å². The summed E-state index contributed by atoms with van der Waals surface area (Å²) in [5.41, 5.74) is 1.03. The van der Waals surface area contributed by atoms with Crippen LogP contribution >= 0.6 is 0 Å². The zero-order chi connectivity index (χ0) is 12.3. The Morgan fingerprint density at radius 3 is 2.18 bits per heavy atom. The number of rotatable bonds is 6. The van der Waals surface area contributed by atoms with Crippen LogP contribution in [0.15, 0.2) is 12.1 Å². The summed E-state index contributed by atoms with van der Waals surface area (Å²) in [6.45, 7) is 0.885. The molecule has 1 fully saturated rings. The maximum absolute atomic E-state index is 5.44. The summed E-state index contributed by atoms with van der Waals surface area (Å²) in [5, 5.41) is 0. The zero-order valence-electron chi connectivity index (χ0n) is 10.2. The SMILES string of the molecule is COCOc1c(OC)cc(C2CO2)cc1OC. The lowest BCUT2D eigenvalue weighted by atomic mass is 10.1. The molecule has 1 atom stereocenters. The normalized spacial score (nSPS) is 17.7. The lowest BCUT2D eigenvalue weighted by molar-refractivity contribution is 0.0471. The van der Waals surface area contributed by atoms with Gasteiger partial charge in [0.1, 0.15) is 6.10 Å². The van der Waals surface area contributed by atoms with Crippen LogP contribution in [0.25, 0.3) is 0 Å². The Balaban J connectivity index is 2.32. The molecule has 1 unspecified atom stereocenters. The Morgan fingerprint density at radius 2 is 1.76 bits per heavy atom. The van der Waals surface area contributed by atoms with Crippen LogP contribution in [-0.4, -0.2) is 34.7 Å². The van der Waals surface area contributed by atoms with Gasteiger partial charge in [-0.05, 0) is 17.7 Å². The predicted molar refractivity (Wildman–Crippen MR) is 60.7 cm³/mol. The minimum Gasteiger partial charge on any atom is -0.493 e. The molecule has 94 valence electrons. The molecule has 0 bridgehead atoms. The Bertz CT molecular complexity index is 361. The van der Waals surface area contributed by atoms with Crippen LogP contribution in [0.5, 0.6) is 17.2 Å². The topological polar surface area (TPSA) is 49.5 Å². The average Bonchev–Trinajstić information content (AvgIpc) is 3.19. The molecule has 1 aliphatic heterocycles. The number of benzene rings is 1. The van der Waals surface area contributed by atoms with Gasteiger partial charge in [-0.2, -0.15) is 0 Å². The highest BCUT2D eigenvalue weighted by molar-refractivity contribution is 5.54. The molecule has 0 N–H and O–H groups in total. The second kappa shape index (κ2) is 5.25. The molecule has 0 aromatic heterocycles. The summed E-state index contributed by atoms with van der Waals surface area (Å²) < 4.78 is 26.1. The van der Waals surface area contributed by atoms with Crippen molar-refractivity contribution in [3.05, 3.63) is 17.7 Å². The van der Waals surface area contributed by atoms with Crippen LogP contribution in [0, 0.1) is 0 Å². The van der Waals surface area contributed by atoms with E-state index < -0.39 is 0 Å². The van der Waals surface area contributed by atoms with Crippen molar-refractivity contribution in [1.29, 1.82) is 0 Å². The van der Waals surface area contributed by atoms with Crippen molar-refractivity contribution in [3.8, 4) is 17.2 Å². The van der Waals surface area contributed by atoms with Crippen molar-refractivity contribution in [2.45, 2.75) is 6.10 Å². The van der Waals surface area contributed by atoms with E-state index in [1.54, 1.807) is 21.3 Å². The van der Waals surface area contributed by atoms with Gasteiger partial charge in [-0.3, -0.25) is 0 Å². The molecule has 1 saturated heterocycles. The predicted octanol–water partition coefficient (Wildman–Crippen LogP) is 1.76. The summed E-state index contributed by atoms with van der Waals surface area (Å²) in [4.78, 5) is 0. The van der Waals surface area contributed by atoms with E-state index in [4.69, 9.17) is 23.7 Å². The van der Waals surface area contributed by atoms with Gasteiger partial charge >= 0.3 is 0 Å². The average molecular weight is 240 g/mol. The smallest absolute Gasteiger partial charge is 0.206 e. The maximum Gasteiger partial charge on any atom is 0.206 e. The second-order valence-corrected chi connectivity index (χ2v) is 3.63. The first-order valence-corrected chi connectivity index (χ1v) is 5.29. The monoisotopic (exact) mass is 240 g/mol. The van der Waals surface area contributed by atoms with E-state index in [9.17, 15) is 0 Å². The standard InChI is InChI=1S/C12H16O5/c1-13-7-17-12-9(14-2)4-8(11-6-16-11)5-10(12)15-3/h4-5,11H,6-7H2,1-3H3. The Kier molecular flexibility index (Phi) is 3.71. The molecule has 5 nitrogen and oxygen atoms in total. The molecule has 1 aromatic rings. The minimum absolute atomic E-state index is 0.145. The fourth-order valence-electron chi connectivity index (χ4n) is 1.59. The number of hydrogen-bond donors (Lipinski definition) is 0. The molecule has 2 rings (SSSR count). The third kappa shape index (κ3) is 2.62. The molecule has 1 aliphatic rings. The van der Waals surface area contributed by atoms with Crippen LogP contribution < -0.4 is 14.2 Å². The molecular weight excluding hydrogens is 224 g/mol. The second-order valence-electron chi connectivity index (χ2n) is 3.63. The minimum atomic E-state index is 0.145. The van der Waals surface area contributed by atoms with Crippen LogP contribution in [0.4, 0.5) is 0 Å². The van der Waals surface area contributed by atoms with E-state index in [1.165, 1.54) is 0 Å². The van der Waals surface area contributed by atoms with E-state index in [0.717, 1.165) is 12.2 Å². The van der Waals surface area contributed by atoms with Gasteiger partial charge in [-0.25, -0.2) is 0 Å². The summed E-state index contributed by atoms with van der Waals surface area (Å²) in [6.07, 6.45) is 0.147. The third-order valence-electron chi connectivity index (χ3n) is 2.51. The fourth-order valence-corrected chi connectivity index (χ4v) is 1.59. The Morgan fingerprint density at radius 1 is 1.18 bits per heavy atom. The highest BCUT2D eigenvalue weighted by Gasteiger charge is 2.27. The summed E-state index contributed by atoms with van der Waals surface area (Å²) in [7, 11) is 4.74. The van der Waals surface area contributed by atoms with E-state index >= 15 is 0 Å². The van der Waals surface area contributed by atoms with Gasteiger partial charge in [0.25, 0.3) is 0 Å². The Hall–Kier alpha value is -1.46. The largest absolute Gasteiger partial charge is 0.493 e. The summed E-state index contributed by atoms with van der Waals surface area (Å²) in [6, 6.07) is 3.79. The molecule has 1 heterocycles. The van der Waals surface area contributed by atoms with Gasteiger partial charge in [0.2, 0.25) is 5.75 Å². The van der Waals surface area contributed by atoms with E-state index in [0.29, 0.717) is 17.2 Å². The van der Waals surface area contributed by atoms with Crippen molar-refractivity contribution in [1.82, 2.24) is 0 Å². The molecule has 5 heteroatoms. The molecule has 0 aliphatic carbocycles. The molecule has 0 radical (unpaired) electrons. The van der Waals surface area contributed by atoms with Gasteiger partial charge in [-0.15, -0.1) is 0 Å². The molecular formula is C12H16O5. The highest BCUT2D eigenvalue weighted by atomic mass is 16.7. The number of hydrogen-bond acceptors (Lipinski definition) is 5. The molecule has 17 heavy (non-hydrogen) atoms. The lowest BCUT2D eigenvalue weighted by Crippen LogP contribution is -2.03. The van der Waals surface area contributed by atoms with Crippen LogP contribution in [-0.2, 0) is 9.47 Å². The van der Waals surface area contributed by atoms with Crippen molar-refractivity contribution in [2.75, 3.05) is 34.7 Å². The molecule has 1 aromatic carbocycles. The van der Waals surface area contributed by atoms with Crippen molar-refractivity contribution < 1.29 is 23.7 Å². The van der Waals surface area contributed by atoms with Crippen LogP contribution in [0.3, 0.4) is 0 Å². The van der Waals surface area contributed by atoms with Gasteiger partial charge in [0.15, 0.2) is 18.3 Å². The van der Waals surface area contributed by atoms with E-state index in [1.807, 2.05) is 12.1 Å². The first-order chi connectivity index (χ1) is 8.30. The molecule has 0 saturated carbocycles. The highest BCUT2D eigenvalue weighted by Crippen LogP contribution is 2.43. The number of ether oxygens (including phenoxy) is 5. The summed E-state index contributed by atoms with van der Waals surface area (Å²) in [5.74, 6) is 1.78. The molecule has 0 amide bonds. The summed E-state index contributed by atoms with van der Waals surface area (Å²) >= 11 is 0. The van der Waals surface area contributed by atoms with Crippen molar-refractivity contribution >= 4 is 0 Å². The first kappa shape index (κ1) is 12.0. The van der Waals surface area contributed by atoms with E-state index in [-0.39, 0.29) is 12.9 Å². The van der Waals surface area contributed by atoms with Crippen LogP contribution in [0.2, 0.25) is 0 Å². The van der Waals surface area contributed by atoms with Crippen molar-refractivity contribution in [2.24, 2.45) is 0 Å². The van der Waals surface area contributed by atoms with Gasteiger partial charge in [0.05, 0.1) is 20.8 Å². The van der Waals surface area contributed by atoms with Crippen LogP contribution in [0.1, 0.15) is 11.7 Å². The van der Waals surface area contributed by atoms with Gasteiger partial charge < -0.3 is 23.7 Å². The van der Waals surface area contributed by atoms with Crippen molar-refractivity contribution in [3.63, 3.8) is 0 Å².